The van der Waals surface area contributed by atoms with Crippen molar-refractivity contribution in [3.05, 3.63) is 143 Å². The first-order chi connectivity index (χ1) is 25.7. The Balaban J connectivity index is 1.00. The normalized spacial score (nSPS) is 31.7. The van der Waals surface area contributed by atoms with Crippen molar-refractivity contribution in [3.63, 3.8) is 0 Å². The van der Waals surface area contributed by atoms with Gasteiger partial charge < -0.3 is 4.90 Å². The van der Waals surface area contributed by atoms with Gasteiger partial charge in [-0.2, -0.15) is 0 Å². The van der Waals surface area contributed by atoms with E-state index in [4.69, 9.17) is 0 Å². The van der Waals surface area contributed by atoms with Gasteiger partial charge >= 0.3 is 0 Å². The highest BCUT2D eigenvalue weighted by atomic mass is 15.1. The maximum Gasteiger partial charge on any atom is 0.0468 e. The average Bonchev–Trinajstić information content (AvgIpc) is 3.81. The second-order valence-corrected chi connectivity index (χ2v) is 19.5. The Bertz CT molecular complexity index is 2460. The topological polar surface area (TPSA) is 3.24 Å². The number of fused-ring (bicyclic) bond motifs is 10. The van der Waals surface area contributed by atoms with Crippen molar-refractivity contribution in [2.24, 2.45) is 39.9 Å². The summed E-state index contributed by atoms with van der Waals surface area (Å²) in [6, 6.07) is 42.6. The first-order valence-electron chi connectivity index (χ1n) is 20.8. The minimum absolute atomic E-state index is 0.198. The maximum absolute atomic E-state index is 2.58. The summed E-state index contributed by atoms with van der Waals surface area (Å²) < 4.78 is 0. The van der Waals surface area contributed by atoms with Crippen LogP contribution in [0.1, 0.15) is 95.8 Å². The Kier molecular flexibility index (Phi) is 5.99. The summed E-state index contributed by atoms with van der Waals surface area (Å²) in [6.07, 6.45) is 13.3. The molecule has 264 valence electrons. The van der Waals surface area contributed by atoms with E-state index in [1.54, 1.807) is 27.8 Å². The van der Waals surface area contributed by atoms with Gasteiger partial charge in [-0.3, -0.25) is 0 Å². The summed E-state index contributed by atoms with van der Waals surface area (Å²) in [5.41, 5.74) is 17.5. The lowest BCUT2D eigenvalue weighted by Crippen LogP contribution is -2.73. The van der Waals surface area contributed by atoms with Crippen molar-refractivity contribution >= 4 is 33.4 Å². The largest absolute Gasteiger partial charge is 0.310 e. The van der Waals surface area contributed by atoms with Crippen LogP contribution in [0.25, 0.3) is 27.5 Å². The van der Waals surface area contributed by atoms with Crippen LogP contribution in [0.3, 0.4) is 0 Å². The van der Waals surface area contributed by atoms with Crippen LogP contribution in [0.5, 0.6) is 0 Å². The van der Waals surface area contributed by atoms with Gasteiger partial charge in [-0.25, -0.2) is 0 Å². The van der Waals surface area contributed by atoms with E-state index in [9.17, 15) is 0 Å². The predicted octanol–water partition coefficient (Wildman–Crippen LogP) is 14.0. The number of rotatable bonds is 4. The summed E-state index contributed by atoms with van der Waals surface area (Å²) in [5.74, 6) is 3.65. The molecule has 7 aliphatic carbocycles. The quantitative estimate of drug-likeness (QED) is 0.182. The smallest absolute Gasteiger partial charge is 0.0468 e. The van der Waals surface area contributed by atoms with Crippen molar-refractivity contribution in [2.45, 2.75) is 84.5 Å². The Morgan fingerprint density at radius 2 is 1.30 bits per heavy atom. The van der Waals surface area contributed by atoms with Crippen LogP contribution in [0.2, 0.25) is 0 Å². The Hall–Kier alpha value is -4.36. The van der Waals surface area contributed by atoms with Crippen molar-refractivity contribution in [1.29, 1.82) is 0 Å². The van der Waals surface area contributed by atoms with E-state index in [1.165, 1.54) is 83.0 Å². The minimum atomic E-state index is 0.198. The van der Waals surface area contributed by atoms with Crippen LogP contribution in [0.15, 0.2) is 126 Å². The number of benzene rings is 5. The molecule has 5 saturated carbocycles. The molecule has 1 nitrogen and oxygen atoms in total. The molecule has 0 radical (unpaired) electrons. The third-order valence-electron chi connectivity index (χ3n) is 16.4. The second-order valence-electron chi connectivity index (χ2n) is 19.5. The Morgan fingerprint density at radius 3 is 2.15 bits per heavy atom. The molecule has 0 saturated heterocycles. The molecule has 6 atom stereocenters. The fourth-order valence-corrected chi connectivity index (χ4v) is 14.3. The molecule has 5 fully saturated rings. The molecule has 12 rings (SSSR count). The molecule has 1 heteroatoms. The van der Waals surface area contributed by atoms with Gasteiger partial charge in [0.25, 0.3) is 0 Å². The summed E-state index contributed by atoms with van der Waals surface area (Å²) in [4.78, 5) is 2.53. The van der Waals surface area contributed by atoms with Crippen LogP contribution >= 0.6 is 0 Å². The number of nitrogens with zero attached hydrogens (tertiary/aromatic N) is 1. The monoisotopic (exact) mass is 689 g/mol. The molecule has 7 aliphatic rings. The lowest BCUT2D eigenvalue weighted by molar-refractivity contribution is -0.231. The fraction of sp³-hybridized carbons (Fsp3) is 0.385. The van der Waals surface area contributed by atoms with Crippen molar-refractivity contribution in [1.82, 2.24) is 0 Å². The highest BCUT2D eigenvalue weighted by Gasteiger charge is 2.84. The van der Waals surface area contributed by atoms with Gasteiger partial charge in [-0.05, 0) is 183 Å². The van der Waals surface area contributed by atoms with Crippen LogP contribution in [-0.4, -0.2) is 0 Å². The molecule has 0 amide bonds. The molecule has 53 heavy (non-hydrogen) atoms. The van der Waals surface area contributed by atoms with Crippen LogP contribution in [0.4, 0.5) is 17.1 Å². The minimum Gasteiger partial charge on any atom is -0.310 e. The SMILES string of the molecule is CC1(C)CCC(C)(C)C2=C(c3ccc(N(c4ccc5c(c4)-c4ccccc4C54C5CC6CC7CC4C75C6)c4ccc5ccccc5c4)cc3)CCC=C21. The molecule has 6 unspecified atom stereocenters. The number of hydrogen-bond donors (Lipinski definition) is 0. The third kappa shape index (κ3) is 3.80. The van der Waals surface area contributed by atoms with E-state index in [0.29, 0.717) is 5.41 Å². The van der Waals surface area contributed by atoms with Gasteiger partial charge in [0.1, 0.15) is 0 Å². The standard InChI is InChI=1S/C52H51N/c1-49(2)24-25-50(3,4)48-40(13-9-15-45(48)49)34-17-19-37(20-18-34)53(38-21-16-33-10-5-6-11-35(33)28-38)39-22-23-44-42(30-39)41-12-7-8-14-43(41)52(44)46-27-32-26-36-29-47(52)51(36,46)31-32/h5-8,10-12,14-23,28,30,32,36,46-47H,9,13,24-27,29,31H2,1-4H3. The Morgan fingerprint density at radius 1 is 0.604 bits per heavy atom. The summed E-state index contributed by atoms with van der Waals surface area (Å²) in [6.45, 7) is 9.88. The zero-order valence-corrected chi connectivity index (χ0v) is 31.9. The van der Waals surface area contributed by atoms with Crippen LogP contribution in [-0.2, 0) is 5.41 Å². The second kappa shape index (κ2) is 10.2. The van der Waals surface area contributed by atoms with Crippen molar-refractivity contribution in [3.8, 4) is 11.1 Å². The summed E-state index contributed by atoms with van der Waals surface area (Å²) in [7, 11) is 0. The van der Waals surface area contributed by atoms with E-state index >= 15 is 0 Å². The highest BCUT2D eigenvalue weighted by molar-refractivity contribution is 5.92. The van der Waals surface area contributed by atoms with Gasteiger partial charge in [0.15, 0.2) is 0 Å². The Labute approximate surface area is 315 Å². The lowest BCUT2D eigenvalue weighted by Gasteiger charge is -2.76. The van der Waals surface area contributed by atoms with E-state index in [0.717, 1.165) is 36.5 Å². The van der Waals surface area contributed by atoms with Crippen LogP contribution in [0, 0.1) is 39.9 Å². The molecule has 0 aliphatic heterocycles. The molecule has 5 aromatic rings. The zero-order chi connectivity index (χ0) is 35.5. The number of anilines is 3. The van der Waals surface area contributed by atoms with Gasteiger partial charge in [0, 0.05) is 22.5 Å². The first kappa shape index (κ1) is 31.0. The molecule has 0 heterocycles. The summed E-state index contributed by atoms with van der Waals surface area (Å²) >= 11 is 0. The molecule has 0 aromatic heterocycles. The molecule has 2 bridgehead atoms. The molecule has 2 spiro atoms. The van der Waals surface area contributed by atoms with E-state index in [1.807, 2.05) is 0 Å². The first-order valence-corrected chi connectivity index (χ1v) is 20.8. The predicted molar refractivity (Wildman–Crippen MR) is 221 cm³/mol. The van der Waals surface area contributed by atoms with Gasteiger partial charge in [-0.15, -0.1) is 0 Å². The number of hydrogen-bond acceptors (Lipinski definition) is 1. The van der Waals surface area contributed by atoms with E-state index < -0.39 is 0 Å². The van der Waals surface area contributed by atoms with Gasteiger partial charge in [0.05, 0.1) is 0 Å². The average molecular weight is 690 g/mol. The highest BCUT2D eigenvalue weighted by Crippen LogP contribution is 2.89. The summed E-state index contributed by atoms with van der Waals surface area (Å²) in [5, 5.41) is 2.57. The molecular formula is C52H51N. The maximum atomic E-state index is 2.58. The molecule has 5 aromatic carbocycles. The number of allylic oxidation sites excluding steroid dienone is 4. The molecule has 0 N–H and O–H groups in total. The lowest BCUT2D eigenvalue weighted by atomic mass is 9.27. The van der Waals surface area contributed by atoms with Crippen molar-refractivity contribution in [2.75, 3.05) is 4.90 Å². The molecular weight excluding hydrogens is 639 g/mol. The van der Waals surface area contributed by atoms with Crippen molar-refractivity contribution < 1.29 is 0 Å². The van der Waals surface area contributed by atoms with Crippen LogP contribution < -0.4 is 4.90 Å². The van der Waals surface area contributed by atoms with E-state index in [-0.39, 0.29) is 16.2 Å². The van der Waals surface area contributed by atoms with Gasteiger partial charge in [-0.1, -0.05) is 107 Å². The van der Waals surface area contributed by atoms with E-state index in [2.05, 4.69) is 148 Å². The third-order valence-corrected chi connectivity index (χ3v) is 16.4. The zero-order valence-electron chi connectivity index (χ0n) is 31.9. The fourth-order valence-electron chi connectivity index (χ4n) is 14.3. The van der Waals surface area contributed by atoms with Gasteiger partial charge in [0.2, 0.25) is 0 Å².